The van der Waals surface area contributed by atoms with E-state index in [9.17, 15) is 31.9 Å². The van der Waals surface area contributed by atoms with Crippen molar-refractivity contribution in [2.45, 2.75) is 4.90 Å². The third kappa shape index (κ3) is 3.94. The lowest BCUT2D eigenvalue weighted by Gasteiger charge is -2.23. The molecule has 3 aromatic rings. The molecule has 0 bridgehead atoms. The average molecular weight is 493 g/mol. The summed E-state index contributed by atoms with van der Waals surface area (Å²) in [5.41, 5.74) is 2.40. The predicted molar refractivity (Wildman–Crippen MR) is 114 cm³/mol. The first-order valence-corrected chi connectivity index (χ1v) is 10.8. The molecule has 14 heteroatoms. The van der Waals surface area contributed by atoms with E-state index in [4.69, 9.17) is 5.73 Å². The third-order valence-corrected chi connectivity index (χ3v) is 6.23. The molecule has 4 rings (SSSR count). The van der Waals surface area contributed by atoms with Crippen molar-refractivity contribution in [1.29, 1.82) is 0 Å². The molecule has 10 nitrogen and oxygen atoms in total. The highest BCUT2D eigenvalue weighted by Gasteiger charge is 2.32. The molecule has 5 N–H and O–H groups in total. The van der Waals surface area contributed by atoms with E-state index >= 15 is 4.39 Å². The van der Waals surface area contributed by atoms with E-state index in [1.807, 2.05) is 4.72 Å². The fourth-order valence-electron chi connectivity index (χ4n) is 3.34. The number of aromatic nitrogens is 1. The van der Waals surface area contributed by atoms with Gasteiger partial charge in [0.2, 0.25) is 0 Å². The SMILES string of the molecule is NC(=O)c1c(F)cc(N2CNc3ncc(C(=O)O)cc32)c(NS(=O)(=O)c2cccc(F)c2)c1F. The molecule has 0 radical (unpaired) electrons. The first-order valence-electron chi connectivity index (χ1n) is 9.34. The molecule has 0 fully saturated rings. The van der Waals surface area contributed by atoms with E-state index < -0.39 is 61.2 Å². The van der Waals surface area contributed by atoms with Crippen molar-refractivity contribution < 1.29 is 36.3 Å². The van der Waals surface area contributed by atoms with Crippen LogP contribution in [0.25, 0.3) is 0 Å². The predicted octanol–water partition coefficient (Wildman–Crippen LogP) is 2.62. The van der Waals surface area contributed by atoms with Crippen molar-refractivity contribution in [3.63, 3.8) is 0 Å². The Morgan fingerprint density at radius 1 is 1.15 bits per heavy atom. The summed E-state index contributed by atoms with van der Waals surface area (Å²) in [6.07, 6.45) is 1.06. The molecule has 0 saturated heterocycles. The van der Waals surface area contributed by atoms with Gasteiger partial charge in [0.1, 0.15) is 22.9 Å². The molecule has 2 aromatic carbocycles. The van der Waals surface area contributed by atoms with E-state index in [0.717, 1.165) is 35.4 Å². The van der Waals surface area contributed by atoms with E-state index in [2.05, 4.69) is 10.3 Å². The summed E-state index contributed by atoms with van der Waals surface area (Å²) in [4.78, 5) is 27.5. The van der Waals surface area contributed by atoms with Gasteiger partial charge in [-0.15, -0.1) is 0 Å². The Bertz CT molecular complexity index is 1470. The molecule has 0 spiro atoms. The number of pyridine rings is 1. The van der Waals surface area contributed by atoms with Crippen LogP contribution >= 0.6 is 0 Å². The number of hydrogen-bond donors (Lipinski definition) is 4. The van der Waals surface area contributed by atoms with Crippen molar-refractivity contribution in [2.24, 2.45) is 5.73 Å². The molecular formula is C20H14F3N5O5S. The minimum absolute atomic E-state index is 0.0664. The van der Waals surface area contributed by atoms with Gasteiger partial charge in [-0.3, -0.25) is 9.52 Å². The molecule has 34 heavy (non-hydrogen) atoms. The van der Waals surface area contributed by atoms with Gasteiger partial charge in [-0.25, -0.2) is 31.4 Å². The van der Waals surface area contributed by atoms with E-state index in [-0.39, 0.29) is 23.7 Å². The molecule has 0 atom stereocenters. The number of nitrogens with two attached hydrogens (primary N) is 1. The van der Waals surface area contributed by atoms with Gasteiger partial charge in [0, 0.05) is 12.3 Å². The largest absolute Gasteiger partial charge is 0.478 e. The fraction of sp³-hybridized carbons (Fsp3) is 0.0500. The highest BCUT2D eigenvalue weighted by atomic mass is 32.2. The highest BCUT2D eigenvalue weighted by molar-refractivity contribution is 7.92. The lowest BCUT2D eigenvalue weighted by atomic mass is 10.1. The molecule has 0 aliphatic carbocycles. The van der Waals surface area contributed by atoms with Gasteiger partial charge in [0.15, 0.2) is 11.6 Å². The minimum atomic E-state index is -4.63. The summed E-state index contributed by atoms with van der Waals surface area (Å²) < 4.78 is 71.2. The topological polar surface area (TPSA) is 155 Å². The average Bonchev–Trinajstić information content (AvgIpc) is 3.18. The zero-order valence-electron chi connectivity index (χ0n) is 16.8. The monoisotopic (exact) mass is 493 g/mol. The number of nitrogens with one attached hydrogen (secondary N) is 2. The van der Waals surface area contributed by atoms with Gasteiger partial charge < -0.3 is 21.1 Å². The second-order valence-electron chi connectivity index (χ2n) is 7.03. The second kappa shape index (κ2) is 8.22. The van der Waals surface area contributed by atoms with Crippen LogP contribution in [0.4, 0.5) is 36.1 Å². The standard InChI is InChI=1S/C20H14F3N5O5S/c21-10-2-1-3-11(5-10)34(32,33)27-17-13(6-12(22)15(16(17)23)18(24)29)28-8-26-19-14(28)4-9(7-25-19)20(30)31/h1-7,27H,8H2,(H2,24,29)(H,25,26)(H,30,31). The molecule has 0 saturated carbocycles. The number of halogens is 3. The Kier molecular flexibility index (Phi) is 5.53. The maximum absolute atomic E-state index is 15.3. The molecular weight excluding hydrogens is 479 g/mol. The van der Waals surface area contributed by atoms with Crippen LogP contribution in [0.1, 0.15) is 20.7 Å². The van der Waals surface area contributed by atoms with E-state index in [1.54, 1.807) is 0 Å². The highest BCUT2D eigenvalue weighted by Crippen LogP contribution is 2.42. The Balaban J connectivity index is 1.91. The first-order chi connectivity index (χ1) is 16.0. The number of nitrogens with zero attached hydrogens (tertiary/aromatic N) is 2. The van der Waals surface area contributed by atoms with Crippen LogP contribution in [-0.2, 0) is 10.0 Å². The number of carbonyl (C=O) groups excluding carboxylic acids is 1. The zero-order valence-corrected chi connectivity index (χ0v) is 17.7. The number of carbonyl (C=O) groups is 2. The van der Waals surface area contributed by atoms with Crippen molar-refractivity contribution in [1.82, 2.24) is 4.98 Å². The Morgan fingerprint density at radius 3 is 2.53 bits per heavy atom. The van der Waals surface area contributed by atoms with Gasteiger partial charge in [-0.2, -0.15) is 0 Å². The minimum Gasteiger partial charge on any atom is -0.478 e. The van der Waals surface area contributed by atoms with Crippen molar-refractivity contribution in [3.05, 3.63) is 71.2 Å². The Labute approximate surface area is 189 Å². The van der Waals surface area contributed by atoms with Gasteiger partial charge in [0.05, 0.1) is 28.5 Å². The summed E-state index contributed by atoms with van der Waals surface area (Å²) in [5.74, 6) is -6.55. The van der Waals surface area contributed by atoms with Crippen LogP contribution in [0, 0.1) is 17.5 Å². The fourth-order valence-corrected chi connectivity index (χ4v) is 4.44. The van der Waals surface area contributed by atoms with Crippen LogP contribution in [0.15, 0.2) is 47.5 Å². The zero-order chi connectivity index (χ0) is 24.8. The molecule has 1 amide bonds. The third-order valence-electron chi connectivity index (χ3n) is 4.89. The van der Waals surface area contributed by atoms with Crippen LogP contribution in [0.3, 0.4) is 0 Å². The molecule has 0 unspecified atom stereocenters. The number of carboxylic acid groups (broad SMARTS) is 1. The summed E-state index contributed by atoms with van der Waals surface area (Å²) in [6.45, 7) is -0.186. The van der Waals surface area contributed by atoms with Gasteiger partial charge in [-0.1, -0.05) is 6.07 Å². The molecule has 1 aromatic heterocycles. The van der Waals surface area contributed by atoms with E-state index in [1.165, 1.54) is 0 Å². The van der Waals surface area contributed by atoms with Crippen LogP contribution in [-0.4, -0.2) is 37.1 Å². The smallest absolute Gasteiger partial charge is 0.337 e. The number of benzene rings is 2. The summed E-state index contributed by atoms with van der Waals surface area (Å²) in [7, 11) is -4.63. The number of amides is 1. The normalized spacial score (nSPS) is 12.7. The quantitative estimate of drug-likeness (QED) is 0.409. The number of carboxylic acids is 1. The van der Waals surface area contributed by atoms with E-state index in [0.29, 0.717) is 12.1 Å². The number of sulfonamides is 1. The molecule has 1 aliphatic heterocycles. The van der Waals surface area contributed by atoms with Crippen molar-refractivity contribution in [2.75, 3.05) is 21.6 Å². The maximum Gasteiger partial charge on any atom is 0.337 e. The Hall–Kier alpha value is -4.33. The van der Waals surface area contributed by atoms with Crippen molar-refractivity contribution >= 4 is 44.8 Å². The number of aromatic carboxylic acids is 1. The lowest BCUT2D eigenvalue weighted by Crippen LogP contribution is -2.24. The molecule has 1 aliphatic rings. The summed E-state index contributed by atoms with van der Waals surface area (Å²) in [5, 5.41) is 12.0. The molecule has 2 heterocycles. The number of fused-ring (bicyclic) bond motifs is 1. The van der Waals surface area contributed by atoms with Crippen LogP contribution < -0.4 is 20.7 Å². The van der Waals surface area contributed by atoms with Gasteiger partial charge >= 0.3 is 5.97 Å². The first kappa shape index (κ1) is 22.8. The summed E-state index contributed by atoms with van der Waals surface area (Å²) >= 11 is 0. The number of hydrogen-bond acceptors (Lipinski definition) is 7. The van der Waals surface area contributed by atoms with Crippen molar-refractivity contribution in [3.8, 4) is 0 Å². The molecule has 176 valence electrons. The maximum atomic E-state index is 15.3. The van der Waals surface area contributed by atoms with Gasteiger partial charge in [0.25, 0.3) is 15.9 Å². The van der Waals surface area contributed by atoms with Crippen LogP contribution in [0.2, 0.25) is 0 Å². The Morgan fingerprint density at radius 2 is 1.88 bits per heavy atom. The second-order valence-corrected chi connectivity index (χ2v) is 8.71. The lowest BCUT2D eigenvalue weighted by molar-refractivity contribution is 0.0696. The summed E-state index contributed by atoms with van der Waals surface area (Å²) in [6, 6.07) is 5.64. The number of rotatable bonds is 6. The van der Waals surface area contributed by atoms with Crippen LogP contribution in [0.5, 0.6) is 0 Å². The number of anilines is 4. The number of primary amides is 1. The van der Waals surface area contributed by atoms with Gasteiger partial charge in [-0.05, 0) is 24.3 Å².